The monoisotopic (exact) mass is 429 g/mol. The lowest BCUT2D eigenvalue weighted by Crippen LogP contribution is -2.48. The minimum absolute atomic E-state index is 0.0233. The molecule has 0 spiro atoms. The first kappa shape index (κ1) is 23.3. The number of aliphatic carboxylic acids is 1. The molecule has 1 aromatic carbocycles. The van der Waals surface area contributed by atoms with E-state index in [4.69, 9.17) is 4.74 Å². The largest absolute Gasteiger partial charge is 0.480 e. The van der Waals surface area contributed by atoms with Crippen LogP contribution in [0.5, 0.6) is 0 Å². The van der Waals surface area contributed by atoms with Crippen LogP contribution in [-0.2, 0) is 25.5 Å². The fraction of sp³-hybridized carbons (Fsp3) is 0.640. The van der Waals surface area contributed by atoms with E-state index in [0.29, 0.717) is 25.9 Å². The molecule has 0 aromatic heterocycles. The molecule has 1 aliphatic heterocycles. The Hall–Kier alpha value is -2.37. The molecule has 1 saturated carbocycles. The summed E-state index contributed by atoms with van der Waals surface area (Å²) in [6.45, 7) is 3.91. The van der Waals surface area contributed by atoms with Gasteiger partial charge in [-0.15, -0.1) is 0 Å². The van der Waals surface area contributed by atoms with E-state index in [-0.39, 0.29) is 29.8 Å². The van der Waals surface area contributed by atoms with Crippen molar-refractivity contribution < 1.29 is 24.2 Å². The summed E-state index contributed by atoms with van der Waals surface area (Å²) in [6, 6.07) is 9.25. The molecule has 6 nitrogen and oxygen atoms in total. The van der Waals surface area contributed by atoms with Gasteiger partial charge in [-0.25, -0.2) is 4.79 Å². The number of carbonyl (C=O) groups is 3. The number of carbonyl (C=O) groups excluding carboxylic acids is 2. The molecule has 1 aromatic rings. The number of likely N-dealkylation sites (tertiary alicyclic amines) is 1. The molecule has 31 heavy (non-hydrogen) atoms. The van der Waals surface area contributed by atoms with Crippen LogP contribution < -0.4 is 0 Å². The Kier molecular flexibility index (Phi) is 8.10. The van der Waals surface area contributed by atoms with Gasteiger partial charge in [-0.3, -0.25) is 9.59 Å². The number of hydrogen-bond donors (Lipinski definition) is 1. The maximum atomic E-state index is 13.4. The van der Waals surface area contributed by atoms with Gasteiger partial charge in [-0.1, -0.05) is 50.1 Å². The van der Waals surface area contributed by atoms with Crippen LogP contribution in [-0.4, -0.2) is 46.5 Å². The van der Waals surface area contributed by atoms with Gasteiger partial charge >= 0.3 is 11.9 Å². The van der Waals surface area contributed by atoms with Crippen LogP contribution in [0.15, 0.2) is 30.3 Å². The second-order valence-electron chi connectivity index (χ2n) is 9.06. The van der Waals surface area contributed by atoms with Gasteiger partial charge in [0.2, 0.25) is 5.91 Å². The van der Waals surface area contributed by atoms with Crippen molar-refractivity contribution >= 4 is 17.8 Å². The molecule has 2 fully saturated rings. The molecule has 3 rings (SSSR count). The van der Waals surface area contributed by atoms with E-state index < -0.39 is 17.9 Å². The summed E-state index contributed by atoms with van der Waals surface area (Å²) in [6.07, 6.45) is 6.28. The van der Waals surface area contributed by atoms with Gasteiger partial charge in [0, 0.05) is 12.0 Å². The van der Waals surface area contributed by atoms with Crippen LogP contribution in [0.1, 0.15) is 64.4 Å². The van der Waals surface area contributed by atoms with Crippen LogP contribution >= 0.6 is 0 Å². The molecule has 0 bridgehead atoms. The van der Waals surface area contributed by atoms with E-state index in [1.165, 1.54) is 0 Å². The number of aryl methyl sites for hydroxylation is 1. The SMILES string of the molecule is CCOC(=O)[C@H](CCc1ccccc1)C[C@@H](C)C(=O)N1[C@H](C(=O)O)C[C@@H]2CCCC[C@@H]21. The third-order valence-corrected chi connectivity index (χ3v) is 6.93. The molecule has 0 radical (unpaired) electrons. The van der Waals surface area contributed by atoms with Gasteiger partial charge in [-0.05, 0) is 56.9 Å². The van der Waals surface area contributed by atoms with Gasteiger partial charge in [0.25, 0.3) is 0 Å². The highest BCUT2D eigenvalue weighted by Crippen LogP contribution is 2.41. The predicted octanol–water partition coefficient (Wildman–Crippen LogP) is 4.07. The molecule has 6 heteroatoms. The van der Waals surface area contributed by atoms with E-state index >= 15 is 0 Å². The number of esters is 1. The van der Waals surface area contributed by atoms with Gasteiger partial charge in [0.15, 0.2) is 0 Å². The topological polar surface area (TPSA) is 83.9 Å². The number of benzene rings is 1. The Morgan fingerprint density at radius 2 is 1.87 bits per heavy atom. The van der Waals surface area contributed by atoms with Crippen molar-refractivity contribution in [2.75, 3.05) is 6.61 Å². The molecule has 1 saturated heterocycles. The maximum absolute atomic E-state index is 13.4. The van der Waals surface area contributed by atoms with Crippen LogP contribution in [0.3, 0.4) is 0 Å². The predicted molar refractivity (Wildman–Crippen MR) is 117 cm³/mol. The zero-order valence-corrected chi connectivity index (χ0v) is 18.7. The Morgan fingerprint density at radius 3 is 2.55 bits per heavy atom. The Balaban J connectivity index is 1.70. The number of rotatable bonds is 9. The fourth-order valence-corrected chi connectivity index (χ4v) is 5.36. The number of hydrogen-bond acceptors (Lipinski definition) is 4. The lowest BCUT2D eigenvalue weighted by atomic mass is 9.84. The zero-order valence-electron chi connectivity index (χ0n) is 18.7. The van der Waals surface area contributed by atoms with Crippen molar-refractivity contribution in [3.8, 4) is 0 Å². The third kappa shape index (κ3) is 5.66. The maximum Gasteiger partial charge on any atom is 0.326 e. The smallest absolute Gasteiger partial charge is 0.326 e. The van der Waals surface area contributed by atoms with Crippen LogP contribution in [0.25, 0.3) is 0 Å². The molecule has 0 unspecified atom stereocenters. The first-order chi connectivity index (χ1) is 14.9. The van der Waals surface area contributed by atoms with Crippen LogP contribution in [0.4, 0.5) is 0 Å². The second kappa shape index (κ2) is 10.8. The summed E-state index contributed by atoms with van der Waals surface area (Å²) in [5, 5.41) is 9.74. The van der Waals surface area contributed by atoms with Crippen LogP contribution in [0.2, 0.25) is 0 Å². The van der Waals surface area contributed by atoms with Gasteiger partial charge < -0.3 is 14.7 Å². The third-order valence-electron chi connectivity index (χ3n) is 6.93. The molecule has 1 N–H and O–H groups in total. The molecule has 1 heterocycles. The summed E-state index contributed by atoms with van der Waals surface area (Å²) in [7, 11) is 0. The lowest BCUT2D eigenvalue weighted by Gasteiger charge is -2.35. The first-order valence-electron chi connectivity index (χ1n) is 11.7. The van der Waals surface area contributed by atoms with Gasteiger partial charge in [0.1, 0.15) is 6.04 Å². The minimum atomic E-state index is -0.916. The number of nitrogens with zero attached hydrogens (tertiary/aromatic N) is 1. The molecule has 5 atom stereocenters. The van der Waals surface area contributed by atoms with Crippen molar-refractivity contribution in [3.63, 3.8) is 0 Å². The van der Waals surface area contributed by atoms with Crippen molar-refractivity contribution in [1.29, 1.82) is 0 Å². The van der Waals surface area contributed by atoms with Crippen molar-refractivity contribution in [3.05, 3.63) is 35.9 Å². The zero-order chi connectivity index (χ0) is 22.4. The van der Waals surface area contributed by atoms with Gasteiger partial charge in [-0.2, -0.15) is 0 Å². The fourth-order valence-electron chi connectivity index (χ4n) is 5.36. The normalized spacial score (nSPS) is 24.8. The second-order valence-corrected chi connectivity index (χ2v) is 9.06. The lowest BCUT2D eigenvalue weighted by molar-refractivity contribution is -0.153. The molecule has 1 aliphatic carbocycles. The Bertz CT molecular complexity index is 764. The van der Waals surface area contributed by atoms with Gasteiger partial charge in [0.05, 0.1) is 12.5 Å². The average Bonchev–Trinajstić information content (AvgIpc) is 3.16. The highest BCUT2D eigenvalue weighted by Gasteiger charge is 2.48. The molecule has 170 valence electrons. The molecule has 2 aliphatic rings. The summed E-state index contributed by atoms with van der Waals surface area (Å²) in [5.74, 6) is -1.84. The quantitative estimate of drug-likeness (QED) is 0.598. The molecule has 1 amide bonds. The summed E-state index contributed by atoms with van der Waals surface area (Å²) < 4.78 is 5.29. The average molecular weight is 430 g/mol. The summed E-state index contributed by atoms with van der Waals surface area (Å²) >= 11 is 0. The molecular weight excluding hydrogens is 394 g/mol. The van der Waals surface area contributed by atoms with Crippen LogP contribution in [0, 0.1) is 17.8 Å². The number of fused-ring (bicyclic) bond motifs is 1. The van der Waals surface area contributed by atoms with Crippen molar-refractivity contribution in [2.24, 2.45) is 17.8 Å². The summed E-state index contributed by atoms with van der Waals surface area (Å²) in [5.41, 5.74) is 1.14. The van der Waals surface area contributed by atoms with E-state index in [1.807, 2.05) is 37.3 Å². The standard InChI is InChI=1S/C25H35NO5/c1-3-31-25(30)20(14-13-18-9-5-4-6-10-18)15-17(2)23(27)26-21-12-8-7-11-19(21)16-22(26)24(28)29/h4-6,9-10,17,19-22H,3,7-8,11-16H2,1-2H3,(H,28,29)/t17-,19+,20-,21+,22+/m1/s1. The molecular formula is C25H35NO5. The van der Waals surface area contributed by atoms with E-state index in [0.717, 1.165) is 37.7 Å². The first-order valence-corrected chi connectivity index (χ1v) is 11.7. The van der Waals surface area contributed by atoms with Crippen molar-refractivity contribution in [1.82, 2.24) is 4.90 Å². The highest BCUT2D eigenvalue weighted by atomic mass is 16.5. The number of ether oxygens (including phenoxy) is 1. The van der Waals surface area contributed by atoms with E-state index in [1.54, 1.807) is 11.8 Å². The van der Waals surface area contributed by atoms with E-state index in [9.17, 15) is 19.5 Å². The Morgan fingerprint density at radius 1 is 1.16 bits per heavy atom. The summed E-state index contributed by atoms with van der Waals surface area (Å²) in [4.78, 5) is 39.6. The number of carboxylic acid groups (broad SMARTS) is 1. The number of carboxylic acids is 1. The van der Waals surface area contributed by atoms with Crippen molar-refractivity contribution in [2.45, 2.75) is 77.3 Å². The minimum Gasteiger partial charge on any atom is -0.480 e. The highest BCUT2D eigenvalue weighted by molar-refractivity contribution is 5.86. The number of amides is 1. The Labute approximate surface area is 185 Å². The van der Waals surface area contributed by atoms with E-state index in [2.05, 4.69) is 0 Å².